The third-order valence-electron chi connectivity index (χ3n) is 4.52. The number of nitrogens with zero attached hydrogens (tertiary/aromatic N) is 2. The van der Waals surface area contributed by atoms with Gasteiger partial charge in [-0.3, -0.25) is 4.98 Å². The van der Waals surface area contributed by atoms with Crippen molar-refractivity contribution in [3.05, 3.63) is 54.4 Å². The molecule has 1 fully saturated rings. The van der Waals surface area contributed by atoms with Gasteiger partial charge in [0.05, 0.1) is 12.2 Å². The molecule has 6 nitrogen and oxygen atoms in total. The summed E-state index contributed by atoms with van der Waals surface area (Å²) in [7, 11) is 0. The van der Waals surface area contributed by atoms with Gasteiger partial charge >= 0.3 is 6.03 Å². The first-order chi connectivity index (χ1) is 12.6. The monoisotopic (exact) mass is 426 g/mol. The van der Waals surface area contributed by atoms with Crippen LogP contribution in [0, 0.1) is 0 Å². The van der Waals surface area contributed by atoms with Crippen LogP contribution in [0.25, 0.3) is 0 Å². The normalized spacial score (nSPS) is 16.0. The average molecular weight is 427 g/mol. The van der Waals surface area contributed by atoms with Crippen molar-refractivity contribution in [2.75, 3.05) is 31.6 Å². The number of anilines is 1. The second kappa shape index (κ2) is 11.7. The van der Waals surface area contributed by atoms with Crippen LogP contribution in [-0.2, 0) is 0 Å². The standard InChI is InChI=1S/C20H26N4O2.2ClH/c1-15(2)16-5-7-17(8-6-16)23-20(25)24-11-10-22-12-18(24)14-26-19-4-3-9-21-13-19;;/h3-9,13,15,18,22H,10-12,14H2,1-2H3,(H,23,25);2*1H. The summed E-state index contributed by atoms with van der Waals surface area (Å²) in [6, 6.07) is 11.6. The van der Waals surface area contributed by atoms with Crippen LogP contribution >= 0.6 is 24.8 Å². The second-order valence-corrected chi connectivity index (χ2v) is 6.76. The van der Waals surface area contributed by atoms with E-state index in [9.17, 15) is 4.79 Å². The Labute approximate surface area is 178 Å². The van der Waals surface area contributed by atoms with Crippen LogP contribution in [0.15, 0.2) is 48.8 Å². The highest BCUT2D eigenvalue weighted by Gasteiger charge is 2.27. The molecular formula is C20H28Cl2N4O2. The molecule has 8 heteroatoms. The first-order valence-electron chi connectivity index (χ1n) is 9.04. The summed E-state index contributed by atoms with van der Waals surface area (Å²) in [5.41, 5.74) is 2.07. The Balaban J connectivity index is 0.00000196. The molecule has 1 aliphatic rings. The molecule has 0 radical (unpaired) electrons. The fourth-order valence-corrected chi connectivity index (χ4v) is 2.95. The van der Waals surface area contributed by atoms with Gasteiger partial charge in [-0.25, -0.2) is 4.79 Å². The van der Waals surface area contributed by atoms with Crippen LogP contribution in [0.3, 0.4) is 0 Å². The van der Waals surface area contributed by atoms with Crippen LogP contribution < -0.4 is 15.4 Å². The number of rotatable bonds is 5. The molecule has 0 spiro atoms. The van der Waals surface area contributed by atoms with Crippen molar-refractivity contribution in [3.63, 3.8) is 0 Å². The highest BCUT2D eigenvalue weighted by atomic mass is 35.5. The van der Waals surface area contributed by atoms with Crippen molar-refractivity contribution in [1.82, 2.24) is 15.2 Å². The average Bonchev–Trinajstić information content (AvgIpc) is 2.68. The Morgan fingerprint density at radius 1 is 1.29 bits per heavy atom. The van der Waals surface area contributed by atoms with Gasteiger partial charge in [0.15, 0.2) is 0 Å². The number of pyridine rings is 1. The van der Waals surface area contributed by atoms with Crippen LogP contribution in [0.1, 0.15) is 25.3 Å². The lowest BCUT2D eigenvalue weighted by Gasteiger charge is -2.35. The van der Waals surface area contributed by atoms with E-state index in [1.54, 1.807) is 12.4 Å². The predicted molar refractivity (Wildman–Crippen MR) is 117 cm³/mol. The molecule has 1 aliphatic heterocycles. The Morgan fingerprint density at radius 2 is 2.04 bits per heavy atom. The molecule has 1 unspecified atom stereocenters. The maximum absolute atomic E-state index is 12.7. The first-order valence-corrected chi connectivity index (χ1v) is 9.04. The van der Waals surface area contributed by atoms with Gasteiger partial charge in [-0.05, 0) is 35.7 Å². The van der Waals surface area contributed by atoms with Gasteiger partial charge in [0.25, 0.3) is 0 Å². The van der Waals surface area contributed by atoms with E-state index >= 15 is 0 Å². The molecule has 154 valence electrons. The van der Waals surface area contributed by atoms with Crippen molar-refractivity contribution < 1.29 is 9.53 Å². The predicted octanol–water partition coefficient (Wildman–Crippen LogP) is 3.93. The fourth-order valence-electron chi connectivity index (χ4n) is 2.95. The van der Waals surface area contributed by atoms with Crippen LogP contribution in [0.5, 0.6) is 5.75 Å². The number of amides is 2. The molecule has 0 saturated carbocycles. The van der Waals surface area contributed by atoms with Gasteiger partial charge in [0.1, 0.15) is 12.4 Å². The number of piperazine rings is 1. The van der Waals surface area contributed by atoms with Crippen molar-refractivity contribution >= 4 is 36.5 Å². The fraction of sp³-hybridized carbons (Fsp3) is 0.400. The number of ether oxygens (including phenoxy) is 1. The van der Waals surface area contributed by atoms with E-state index in [-0.39, 0.29) is 36.9 Å². The lowest BCUT2D eigenvalue weighted by atomic mass is 10.0. The minimum Gasteiger partial charge on any atom is -0.490 e. The molecule has 1 atom stereocenters. The van der Waals surface area contributed by atoms with Gasteiger partial charge in [0.2, 0.25) is 0 Å². The smallest absolute Gasteiger partial charge is 0.322 e. The van der Waals surface area contributed by atoms with Crippen molar-refractivity contribution in [1.29, 1.82) is 0 Å². The van der Waals surface area contributed by atoms with E-state index in [2.05, 4.69) is 41.6 Å². The number of hydrogen-bond donors (Lipinski definition) is 2. The third kappa shape index (κ3) is 6.55. The van der Waals surface area contributed by atoms with E-state index in [1.165, 1.54) is 5.56 Å². The Hall–Kier alpha value is -2.02. The van der Waals surface area contributed by atoms with E-state index in [0.29, 0.717) is 31.4 Å². The van der Waals surface area contributed by atoms with E-state index < -0.39 is 0 Å². The zero-order valence-electron chi connectivity index (χ0n) is 16.1. The number of nitrogens with one attached hydrogen (secondary N) is 2. The Kier molecular flexibility index (Phi) is 10.1. The lowest BCUT2D eigenvalue weighted by Crippen LogP contribution is -2.57. The van der Waals surface area contributed by atoms with E-state index in [4.69, 9.17) is 4.74 Å². The quantitative estimate of drug-likeness (QED) is 0.759. The molecule has 1 saturated heterocycles. The van der Waals surface area contributed by atoms with E-state index in [0.717, 1.165) is 12.2 Å². The van der Waals surface area contributed by atoms with Gasteiger partial charge in [-0.1, -0.05) is 26.0 Å². The first kappa shape index (κ1) is 24.0. The number of urea groups is 1. The number of hydrogen-bond acceptors (Lipinski definition) is 4. The topological polar surface area (TPSA) is 66.5 Å². The third-order valence-corrected chi connectivity index (χ3v) is 4.52. The molecule has 1 aromatic heterocycles. The zero-order valence-corrected chi connectivity index (χ0v) is 17.8. The Bertz CT molecular complexity index is 714. The van der Waals surface area contributed by atoms with Crippen molar-refractivity contribution in [2.24, 2.45) is 0 Å². The number of benzene rings is 1. The highest BCUT2D eigenvalue weighted by Crippen LogP contribution is 2.18. The molecule has 0 aliphatic carbocycles. The molecule has 2 N–H and O–H groups in total. The zero-order chi connectivity index (χ0) is 18.4. The minimum absolute atomic E-state index is 0. The molecule has 3 rings (SSSR count). The number of carbonyl (C=O) groups excluding carboxylic acids is 1. The molecule has 0 bridgehead atoms. The summed E-state index contributed by atoms with van der Waals surface area (Å²) >= 11 is 0. The molecular weight excluding hydrogens is 399 g/mol. The number of carbonyl (C=O) groups is 1. The van der Waals surface area contributed by atoms with E-state index in [1.807, 2.05) is 29.2 Å². The highest BCUT2D eigenvalue weighted by molar-refractivity contribution is 5.89. The summed E-state index contributed by atoms with van der Waals surface area (Å²) in [6.45, 7) is 6.88. The van der Waals surface area contributed by atoms with Crippen molar-refractivity contribution in [3.8, 4) is 5.75 Å². The Morgan fingerprint density at radius 3 is 2.68 bits per heavy atom. The number of halogens is 2. The lowest BCUT2D eigenvalue weighted by molar-refractivity contribution is 0.133. The largest absolute Gasteiger partial charge is 0.490 e. The molecule has 2 amide bonds. The van der Waals surface area contributed by atoms with Crippen molar-refractivity contribution in [2.45, 2.75) is 25.8 Å². The summed E-state index contributed by atoms with van der Waals surface area (Å²) in [6.07, 6.45) is 3.39. The SMILES string of the molecule is CC(C)c1ccc(NC(=O)N2CCNCC2COc2cccnc2)cc1.Cl.Cl. The molecule has 1 aromatic carbocycles. The molecule has 2 aromatic rings. The van der Waals surface area contributed by atoms with Crippen LogP contribution in [0.2, 0.25) is 0 Å². The maximum atomic E-state index is 12.7. The van der Waals surface area contributed by atoms with Crippen LogP contribution in [0.4, 0.5) is 10.5 Å². The second-order valence-electron chi connectivity index (χ2n) is 6.76. The number of aromatic nitrogens is 1. The summed E-state index contributed by atoms with van der Waals surface area (Å²) in [5, 5.41) is 6.32. The van der Waals surface area contributed by atoms with Gasteiger partial charge in [-0.15, -0.1) is 24.8 Å². The van der Waals surface area contributed by atoms with Gasteiger partial charge < -0.3 is 20.3 Å². The summed E-state index contributed by atoms with van der Waals surface area (Å²) in [5.74, 6) is 1.18. The molecule has 2 heterocycles. The van der Waals surface area contributed by atoms with Crippen LogP contribution in [-0.4, -0.2) is 48.2 Å². The summed E-state index contributed by atoms with van der Waals surface area (Å²) in [4.78, 5) is 18.6. The molecule has 28 heavy (non-hydrogen) atoms. The summed E-state index contributed by atoms with van der Waals surface area (Å²) < 4.78 is 5.79. The van der Waals surface area contributed by atoms with Gasteiger partial charge in [-0.2, -0.15) is 0 Å². The maximum Gasteiger partial charge on any atom is 0.322 e. The minimum atomic E-state index is -0.0939. The van der Waals surface area contributed by atoms with Gasteiger partial charge in [0, 0.05) is 31.5 Å².